The molecule has 1 saturated heterocycles. The van der Waals surface area contributed by atoms with E-state index >= 15 is 4.57 Å². The van der Waals surface area contributed by atoms with Gasteiger partial charge in [-0.05, 0) is 49.9 Å². The van der Waals surface area contributed by atoms with Crippen LogP contribution in [0.25, 0.3) is 21.6 Å². The molecule has 0 spiro atoms. The van der Waals surface area contributed by atoms with Gasteiger partial charge in [-0.15, -0.1) is 0 Å². The van der Waals surface area contributed by atoms with Crippen LogP contribution in [0.2, 0.25) is 0 Å². The number of hydrogen-bond acceptors (Lipinski definition) is 13. The molecule has 56 heavy (non-hydrogen) atoms. The van der Waals surface area contributed by atoms with Gasteiger partial charge in [-0.1, -0.05) is 96.1 Å². The van der Waals surface area contributed by atoms with Crippen LogP contribution in [0.4, 0.5) is 5.95 Å². The van der Waals surface area contributed by atoms with Crippen LogP contribution in [0.1, 0.15) is 62.8 Å². The number of anilines is 1. The van der Waals surface area contributed by atoms with E-state index in [0.29, 0.717) is 0 Å². The number of rotatable bonds is 18. The monoisotopic (exact) mass is 805 g/mol. The van der Waals surface area contributed by atoms with E-state index in [1.807, 2.05) is 91.0 Å². The summed E-state index contributed by atoms with van der Waals surface area (Å²) >= 11 is 0. The molecule has 296 valence electrons. The summed E-state index contributed by atoms with van der Waals surface area (Å²) in [6.07, 6.45) is -3.67. The fraction of sp³-hybridized carbons (Fsp3) is 0.378. The number of imidazole rings is 1. The Morgan fingerprint density at radius 1 is 0.982 bits per heavy atom. The highest BCUT2D eigenvalue weighted by atomic mass is 31.2. The van der Waals surface area contributed by atoms with Crippen LogP contribution in [0, 0.1) is 0 Å². The molecule has 0 saturated carbocycles. The summed E-state index contributed by atoms with van der Waals surface area (Å²) in [5, 5.41) is 7.19. The standard InChI is InChI=1S/C37H45N9O8P2/c1-6-49-34-31-33(42-36(38)43-34)46(24-40-31)35-37(4,44-45-39)32(30(51-35)23-50-55(5,47)52-25(2)28-18-12-8-13-19-28)54-56(48,41-22-27-16-10-7-11-17-27)53-26(3)29-20-14-9-15-21-29/h7-21,24-26,30,32,35H,6,22-23H2,1-5H3,(H,41,48)(H2,38,42,43)/t25?,26?,30-,32-,35-,37-,55?,56?/m1/s1. The maximum atomic E-state index is 15.1. The molecule has 1 aliphatic heterocycles. The number of ether oxygens (including phenoxy) is 2. The first kappa shape index (κ1) is 41.0. The number of nitrogens with zero attached hydrogens (tertiary/aromatic N) is 7. The fourth-order valence-corrected chi connectivity index (χ4v) is 9.33. The third-order valence-corrected chi connectivity index (χ3v) is 12.1. The molecular formula is C37H45N9O8P2. The number of benzene rings is 3. The lowest BCUT2D eigenvalue weighted by molar-refractivity contribution is -0.0428. The molecule has 0 aliphatic carbocycles. The van der Waals surface area contributed by atoms with Crippen LogP contribution in [-0.4, -0.2) is 57.1 Å². The molecule has 19 heteroatoms. The molecule has 17 nitrogen and oxygen atoms in total. The van der Waals surface area contributed by atoms with E-state index in [-0.39, 0.29) is 36.1 Å². The summed E-state index contributed by atoms with van der Waals surface area (Å²) in [7, 11) is -8.14. The zero-order valence-corrected chi connectivity index (χ0v) is 33.4. The number of nitrogen functional groups attached to an aromatic ring is 1. The van der Waals surface area contributed by atoms with Gasteiger partial charge in [-0.2, -0.15) is 9.97 Å². The largest absolute Gasteiger partial charge is 0.476 e. The molecule has 2 aromatic heterocycles. The van der Waals surface area contributed by atoms with Crippen molar-refractivity contribution in [1.82, 2.24) is 24.6 Å². The Balaban J connectivity index is 1.39. The van der Waals surface area contributed by atoms with Crippen molar-refractivity contribution < 1.29 is 36.7 Å². The molecule has 1 fully saturated rings. The minimum Gasteiger partial charge on any atom is -0.476 e. The summed E-state index contributed by atoms with van der Waals surface area (Å²) < 4.78 is 67.4. The van der Waals surface area contributed by atoms with Crippen LogP contribution in [0.15, 0.2) is 102 Å². The van der Waals surface area contributed by atoms with Gasteiger partial charge in [0, 0.05) is 18.1 Å². The van der Waals surface area contributed by atoms with Crippen molar-refractivity contribution in [1.29, 1.82) is 0 Å². The van der Waals surface area contributed by atoms with Crippen molar-refractivity contribution in [2.24, 2.45) is 5.11 Å². The van der Waals surface area contributed by atoms with Crippen LogP contribution >= 0.6 is 15.3 Å². The molecule has 8 atom stereocenters. The first-order valence-corrected chi connectivity index (χ1v) is 21.5. The Morgan fingerprint density at radius 2 is 1.59 bits per heavy atom. The van der Waals surface area contributed by atoms with E-state index in [1.54, 1.807) is 27.7 Å². The number of nitrogens with two attached hydrogens (primary N) is 1. The van der Waals surface area contributed by atoms with Crippen molar-refractivity contribution in [3.63, 3.8) is 0 Å². The summed E-state index contributed by atoms with van der Waals surface area (Å²) in [5.74, 6) is 0.0350. The number of hydrogen-bond donors (Lipinski definition) is 2. The minimum absolute atomic E-state index is 0.0912. The first-order valence-electron chi connectivity index (χ1n) is 18.0. The Bertz CT molecular complexity index is 2230. The maximum Gasteiger partial charge on any atom is 0.406 e. The number of fused-ring (bicyclic) bond motifs is 1. The predicted octanol–water partition coefficient (Wildman–Crippen LogP) is 8.45. The minimum atomic E-state index is -4.36. The third-order valence-electron chi connectivity index (χ3n) is 9.15. The van der Waals surface area contributed by atoms with Gasteiger partial charge < -0.3 is 24.3 Å². The highest BCUT2D eigenvalue weighted by Crippen LogP contribution is 2.57. The van der Waals surface area contributed by atoms with E-state index in [0.717, 1.165) is 16.7 Å². The van der Waals surface area contributed by atoms with Crippen molar-refractivity contribution in [3.05, 3.63) is 124 Å². The van der Waals surface area contributed by atoms with Crippen molar-refractivity contribution in [2.75, 3.05) is 25.6 Å². The normalized spacial score (nSPS) is 22.8. The smallest absolute Gasteiger partial charge is 0.406 e. The summed E-state index contributed by atoms with van der Waals surface area (Å²) in [6.45, 7) is 8.16. The molecule has 6 rings (SSSR count). The Hall–Kier alpha value is -4.66. The average Bonchev–Trinajstić information content (AvgIpc) is 3.72. The molecule has 0 bridgehead atoms. The highest BCUT2D eigenvalue weighted by molar-refractivity contribution is 7.53. The van der Waals surface area contributed by atoms with Crippen LogP contribution in [-0.2, 0) is 38.5 Å². The van der Waals surface area contributed by atoms with E-state index in [1.165, 1.54) is 17.6 Å². The van der Waals surface area contributed by atoms with Crippen molar-refractivity contribution in [3.8, 4) is 5.88 Å². The van der Waals surface area contributed by atoms with Crippen LogP contribution in [0.3, 0.4) is 0 Å². The van der Waals surface area contributed by atoms with E-state index in [9.17, 15) is 10.1 Å². The number of nitrogens with one attached hydrogen (secondary N) is 1. The van der Waals surface area contributed by atoms with Crippen LogP contribution in [0.5, 0.6) is 5.88 Å². The van der Waals surface area contributed by atoms with Gasteiger partial charge in [-0.3, -0.25) is 18.2 Å². The average molecular weight is 806 g/mol. The molecule has 3 heterocycles. The predicted molar refractivity (Wildman–Crippen MR) is 209 cm³/mol. The lowest BCUT2D eigenvalue weighted by Crippen LogP contribution is -2.45. The topological polar surface area (TPSA) is 220 Å². The second-order valence-electron chi connectivity index (χ2n) is 13.3. The summed E-state index contributed by atoms with van der Waals surface area (Å²) in [5.41, 5.74) is 17.2. The second kappa shape index (κ2) is 17.6. The molecule has 3 aromatic carbocycles. The Kier molecular flexibility index (Phi) is 12.9. The van der Waals surface area contributed by atoms with E-state index < -0.39 is 58.1 Å². The van der Waals surface area contributed by atoms with Gasteiger partial charge in [-0.25, -0.2) is 14.6 Å². The van der Waals surface area contributed by atoms with Crippen molar-refractivity contribution >= 4 is 32.5 Å². The quantitative estimate of drug-likeness (QED) is 0.0368. The summed E-state index contributed by atoms with van der Waals surface area (Å²) in [4.78, 5) is 16.2. The van der Waals surface area contributed by atoms with Crippen molar-refractivity contribution in [2.45, 2.75) is 70.4 Å². The van der Waals surface area contributed by atoms with Gasteiger partial charge in [0.2, 0.25) is 11.8 Å². The SMILES string of the molecule is CCOc1nc(N)nc2c1ncn2[C@@H]1O[C@H](COP(C)(=O)OC(C)c2ccccc2)[C@@H](OP(=O)(NCc2ccccc2)OC(C)c2ccccc2)[C@@]1(C)N=[N+]=[N-]. The highest BCUT2D eigenvalue weighted by Gasteiger charge is 2.58. The molecule has 3 N–H and O–H groups in total. The molecule has 0 amide bonds. The molecule has 0 radical (unpaired) electrons. The first-order chi connectivity index (χ1) is 26.8. The molecule has 5 aromatic rings. The van der Waals surface area contributed by atoms with E-state index in [4.69, 9.17) is 33.3 Å². The Morgan fingerprint density at radius 3 is 2.20 bits per heavy atom. The third kappa shape index (κ3) is 9.47. The fourth-order valence-electron chi connectivity index (χ4n) is 6.40. The van der Waals surface area contributed by atoms with Gasteiger partial charge in [0.15, 0.2) is 17.4 Å². The van der Waals surface area contributed by atoms with Gasteiger partial charge in [0.1, 0.15) is 17.7 Å². The lowest BCUT2D eigenvalue weighted by atomic mass is 9.93. The maximum absolute atomic E-state index is 15.1. The second-order valence-corrected chi connectivity index (χ2v) is 17.1. The Labute approximate surface area is 324 Å². The zero-order chi connectivity index (χ0) is 39.9. The zero-order valence-electron chi connectivity index (χ0n) is 31.6. The molecular weight excluding hydrogens is 760 g/mol. The molecule has 1 aliphatic rings. The van der Waals surface area contributed by atoms with Gasteiger partial charge in [0.05, 0.1) is 31.7 Å². The van der Waals surface area contributed by atoms with E-state index in [2.05, 4.69) is 30.1 Å². The van der Waals surface area contributed by atoms with Crippen LogP contribution < -0.4 is 15.6 Å². The van der Waals surface area contributed by atoms with Gasteiger partial charge >= 0.3 is 15.3 Å². The summed E-state index contributed by atoms with van der Waals surface area (Å²) in [6, 6.07) is 27.8. The lowest BCUT2D eigenvalue weighted by Gasteiger charge is -2.34. The van der Waals surface area contributed by atoms with Gasteiger partial charge in [0.25, 0.3) is 0 Å². The number of aromatic nitrogens is 4. The molecule has 4 unspecified atom stereocenters. The number of azide groups is 1.